The third-order valence-corrected chi connectivity index (χ3v) is 7.45. The zero-order chi connectivity index (χ0) is 20.0. The Kier molecular flexibility index (Phi) is 3.67. The molecule has 0 atom stereocenters. The third kappa shape index (κ3) is 2.55. The smallest absolute Gasteiger partial charge is 0.0161 e. The Morgan fingerprint density at radius 1 is 0.704 bits per heavy atom. The predicted octanol–water partition coefficient (Wildman–Crippen LogP) is 7.64. The summed E-state index contributed by atoms with van der Waals surface area (Å²) in [7, 11) is 0. The first-order valence-corrected chi connectivity index (χ1v) is 10.6. The molecule has 0 spiro atoms. The van der Waals surface area contributed by atoms with Crippen molar-refractivity contribution in [1.29, 1.82) is 0 Å². The van der Waals surface area contributed by atoms with Crippen molar-refractivity contribution in [1.82, 2.24) is 0 Å². The largest absolute Gasteiger partial charge is 0.0613 e. The Morgan fingerprint density at radius 2 is 1.26 bits per heavy atom. The summed E-state index contributed by atoms with van der Waals surface area (Å²) in [5, 5.41) is 0. The standard InChI is InChI=1S/C27H36/c1-24(2,3)19-12-10-11-17-18-15-21-22(16-20(18)27(8,9)23(17)19)26(6,7)14-13-25(21,4)5/h10-12,15-16H,13-14H2,1-9H3. The molecule has 0 nitrogen and oxygen atoms in total. The minimum absolute atomic E-state index is 0.0568. The van der Waals surface area contributed by atoms with Crippen LogP contribution in [-0.2, 0) is 21.7 Å². The molecule has 0 heteroatoms. The lowest BCUT2D eigenvalue weighted by Gasteiger charge is -2.42. The van der Waals surface area contributed by atoms with Gasteiger partial charge in [0.05, 0.1) is 0 Å². The number of hydrogen-bond donors (Lipinski definition) is 0. The highest BCUT2D eigenvalue weighted by Crippen LogP contribution is 2.56. The van der Waals surface area contributed by atoms with Crippen LogP contribution in [0.25, 0.3) is 11.1 Å². The maximum Gasteiger partial charge on any atom is 0.0161 e. The van der Waals surface area contributed by atoms with E-state index in [1.807, 2.05) is 0 Å². The first kappa shape index (κ1) is 18.8. The van der Waals surface area contributed by atoms with E-state index in [2.05, 4.69) is 92.6 Å². The molecule has 144 valence electrons. The van der Waals surface area contributed by atoms with Crippen LogP contribution in [0.3, 0.4) is 0 Å². The normalized spacial score (nSPS) is 21.4. The average molecular weight is 361 g/mol. The van der Waals surface area contributed by atoms with Crippen LogP contribution in [0.1, 0.15) is 103 Å². The van der Waals surface area contributed by atoms with Crippen molar-refractivity contribution in [3.05, 3.63) is 58.1 Å². The highest BCUT2D eigenvalue weighted by atomic mass is 14.5. The Labute approximate surface area is 166 Å². The topological polar surface area (TPSA) is 0 Å². The predicted molar refractivity (Wildman–Crippen MR) is 118 cm³/mol. The van der Waals surface area contributed by atoms with E-state index in [9.17, 15) is 0 Å². The molecule has 2 aliphatic rings. The van der Waals surface area contributed by atoms with Crippen molar-refractivity contribution in [2.75, 3.05) is 0 Å². The van der Waals surface area contributed by atoms with Crippen LogP contribution in [0.5, 0.6) is 0 Å². The molecular weight excluding hydrogens is 324 g/mol. The van der Waals surface area contributed by atoms with E-state index in [-0.39, 0.29) is 21.7 Å². The van der Waals surface area contributed by atoms with E-state index < -0.39 is 0 Å². The maximum atomic E-state index is 2.58. The van der Waals surface area contributed by atoms with Gasteiger partial charge in [-0.15, -0.1) is 0 Å². The fraction of sp³-hybridized carbons (Fsp3) is 0.556. The van der Waals surface area contributed by atoms with E-state index >= 15 is 0 Å². The second-order valence-corrected chi connectivity index (χ2v) is 11.8. The molecule has 0 aliphatic heterocycles. The summed E-state index contributed by atoms with van der Waals surface area (Å²) in [5.74, 6) is 0. The Hall–Kier alpha value is -1.56. The molecule has 2 aromatic rings. The SMILES string of the molecule is CC(C)(C)c1cccc2c1C(C)(C)c1cc3c(cc1-2)C(C)(C)CCC3(C)C. The summed E-state index contributed by atoms with van der Waals surface area (Å²) in [4.78, 5) is 0. The summed E-state index contributed by atoms with van der Waals surface area (Å²) >= 11 is 0. The van der Waals surface area contributed by atoms with Gasteiger partial charge in [0.25, 0.3) is 0 Å². The minimum atomic E-state index is 0.0568. The zero-order valence-electron chi connectivity index (χ0n) is 18.8. The van der Waals surface area contributed by atoms with E-state index in [4.69, 9.17) is 0 Å². The van der Waals surface area contributed by atoms with Gasteiger partial charge < -0.3 is 0 Å². The average Bonchev–Trinajstić information content (AvgIpc) is 2.78. The van der Waals surface area contributed by atoms with Gasteiger partial charge in [-0.2, -0.15) is 0 Å². The molecule has 0 N–H and O–H groups in total. The fourth-order valence-electron chi connectivity index (χ4n) is 5.56. The van der Waals surface area contributed by atoms with E-state index in [0.29, 0.717) is 0 Å². The molecule has 0 unspecified atom stereocenters. The van der Waals surface area contributed by atoms with Gasteiger partial charge in [0, 0.05) is 5.41 Å². The van der Waals surface area contributed by atoms with Gasteiger partial charge in [-0.1, -0.05) is 86.6 Å². The van der Waals surface area contributed by atoms with Crippen molar-refractivity contribution in [2.45, 2.75) is 96.8 Å². The molecule has 0 bridgehead atoms. The molecule has 0 amide bonds. The van der Waals surface area contributed by atoms with E-state index in [1.165, 1.54) is 35.1 Å². The van der Waals surface area contributed by atoms with Crippen molar-refractivity contribution < 1.29 is 0 Å². The zero-order valence-corrected chi connectivity index (χ0v) is 18.8. The summed E-state index contributed by atoms with van der Waals surface area (Å²) in [5.41, 5.74) is 11.4. The van der Waals surface area contributed by atoms with Gasteiger partial charge in [0.1, 0.15) is 0 Å². The molecule has 4 rings (SSSR count). The van der Waals surface area contributed by atoms with Gasteiger partial charge in [-0.3, -0.25) is 0 Å². The van der Waals surface area contributed by atoms with E-state index in [0.717, 1.165) is 0 Å². The molecule has 2 aromatic carbocycles. The lowest BCUT2D eigenvalue weighted by atomic mass is 9.62. The minimum Gasteiger partial charge on any atom is -0.0613 e. The first-order chi connectivity index (χ1) is 12.3. The van der Waals surface area contributed by atoms with Crippen LogP contribution in [0.4, 0.5) is 0 Å². The summed E-state index contributed by atoms with van der Waals surface area (Å²) in [6, 6.07) is 12.1. The molecule has 0 heterocycles. The second-order valence-electron chi connectivity index (χ2n) is 11.8. The lowest BCUT2D eigenvalue weighted by molar-refractivity contribution is 0.331. The van der Waals surface area contributed by atoms with Crippen molar-refractivity contribution in [3.8, 4) is 11.1 Å². The molecule has 27 heavy (non-hydrogen) atoms. The molecule has 0 radical (unpaired) electrons. The van der Waals surface area contributed by atoms with Crippen molar-refractivity contribution in [3.63, 3.8) is 0 Å². The molecule has 0 saturated carbocycles. The van der Waals surface area contributed by atoms with Crippen molar-refractivity contribution >= 4 is 0 Å². The van der Waals surface area contributed by atoms with Gasteiger partial charge in [-0.25, -0.2) is 0 Å². The van der Waals surface area contributed by atoms with E-state index in [1.54, 1.807) is 16.7 Å². The molecule has 0 aromatic heterocycles. The van der Waals surface area contributed by atoms with Crippen LogP contribution in [0.15, 0.2) is 30.3 Å². The monoisotopic (exact) mass is 360 g/mol. The second kappa shape index (κ2) is 5.28. The molecule has 0 fully saturated rings. The number of fused-ring (bicyclic) bond motifs is 4. The van der Waals surface area contributed by atoms with Gasteiger partial charge in [-0.05, 0) is 74.1 Å². The number of benzene rings is 2. The fourth-order valence-corrected chi connectivity index (χ4v) is 5.56. The van der Waals surface area contributed by atoms with Crippen LogP contribution in [0.2, 0.25) is 0 Å². The lowest BCUT2D eigenvalue weighted by Crippen LogP contribution is -2.34. The molecular formula is C27H36. The van der Waals surface area contributed by atoms with Crippen molar-refractivity contribution in [2.24, 2.45) is 0 Å². The Balaban J connectivity index is 2.07. The Morgan fingerprint density at radius 3 is 1.81 bits per heavy atom. The quantitative estimate of drug-likeness (QED) is 0.453. The molecule has 2 aliphatic carbocycles. The van der Waals surface area contributed by atoms with Crippen LogP contribution in [0, 0.1) is 0 Å². The number of rotatable bonds is 0. The highest BCUT2D eigenvalue weighted by Gasteiger charge is 2.43. The van der Waals surface area contributed by atoms with Crippen LogP contribution in [-0.4, -0.2) is 0 Å². The van der Waals surface area contributed by atoms with Crippen LogP contribution >= 0.6 is 0 Å². The first-order valence-electron chi connectivity index (χ1n) is 10.6. The maximum absolute atomic E-state index is 2.58. The number of hydrogen-bond acceptors (Lipinski definition) is 0. The van der Waals surface area contributed by atoms with Gasteiger partial charge in [0.15, 0.2) is 0 Å². The van der Waals surface area contributed by atoms with Gasteiger partial charge >= 0.3 is 0 Å². The summed E-state index contributed by atoms with van der Waals surface area (Å²) in [6.07, 6.45) is 2.54. The highest BCUT2D eigenvalue weighted by molar-refractivity contribution is 5.83. The van der Waals surface area contributed by atoms with Crippen LogP contribution < -0.4 is 0 Å². The third-order valence-electron chi connectivity index (χ3n) is 7.45. The Bertz CT molecular complexity index is 929. The molecule has 0 saturated heterocycles. The van der Waals surface area contributed by atoms with Gasteiger partial charge in [0.2, 0.25) is 0 Å². The summed E-state index contributed by atoms with van der Waals surface area (Å²) in [6.45, 7) is 21.6. The summed E-state index contributed by atoms with van der Waals surface area (Å²) < 4.78 is 0.